The number of fused-ring (bicyclic) bond motifs is 1. The minimum Gasteiger partial charge on any atom is -0.506 e. The zero-order valence-electron chi connectivity index (χ0n) is 15.0. The molecule has 1 aliphatic rings. The van der Waals surface area contributed by atoms with Crippen LogP contribution in [0, 0.1) is 5.41 Å². The molecule has 0 fully saturated rings. The van der Waals surface area contributed by atoms with Gasteiger partial charge in [0, 0.05) is 5.69 Å². The number of furan rings is 1. The summed E-state index contributed by atoms with van der Waals surface area (Å²) in [5.41, 5.74) is 1.45. The molecule has 1 unspecified atom stereocenters. The van der Waals surface area contributed by atoms with E-state index in [9.17, 15) is 9.90 Å². The number of phenols is 1. The molecule has 0 bridgehead atoms. The van der Waals surface area contributed by atoms with E-state index in [1.165, 1.54) is 12.3 Å². The minimum atomic E-state index is -0.959. The number of benzene rings is 2. The van der Waals surface area contributed by atoms with Crippen molar-refractivity contribution >= 4 is 29.0 Å². The predicted octanol–water partition coefficient (Wildman–Crippen LogP) is 3.22. The number of rotatable bonds is 4. The lowest BCUT2D eigenvalue weighted by Crippen LogP contribution is -2.55. The van der Waals surface area contributed by atoms with Crippen LogP contribution < -0.4 is 20.3 Å². The third-order valence-electron chi connectivity index (χ3n) is 4.45. The number of anilines is 3. The highest BCUT2D eigenvalue weighted by molar-refractivity contribution is 6.17. The molecule has 1 amide bonds. The SMILES string of the molecule is COc1ccc(N2C(=N)c3ccoc3NC2C(=O)Nc2ccccc2O)cc1. The van der Waals surface area contributed by atoms with E-state index in [-0.39, 0.29) is 17.3 Å². The average Bonchev–Trinajstić information content (AvgIpc) is 3.19. The van der Waals surface area contributed by atoms with Gasteiger partial charge in [-0.1, -0.05) is 12.1 Å². The first-order chi connectivity index (χ1) is 13.6. The summed E-state index contributed by atoms with van der Waals surface area (Å²) < 4.78 is 10.6. The molecule has 3 aromatic rings. The molecule has 1 aliphatic heterocycles. The van der Waals surface area contributed by atoms with Crippen molar-refractivity contribution in [3.63, 3.8) is 0 Å². The van der Waals surface area contributed by atoms with Crippen molar-refractivity contribution in [3.05, 3.63) is 66.4 Å². The average molecular weight is 378 g/mol. The molecule has 8 heteroatoms. The fraction of sp³-hybridized carbons (Fsp3) is 0.100. The number of amides is 1. The first-order valence-corrected chi connectivity index (χ1v) is 8.53. The summed E-state index contributed by atoms with van der Waals surface area (Å²) in [5.74, 6) is 0.622. The highest BCUT2D eigenvalue weighted by Crippen LogP contribution is 2.32. The van der Waals surface area contributed by atoms with E-state index < -0.39 is 12.1 Å². The third kappa shape index (κ3) is 3.01. The molecule has 0 saturated heterocycles. The van der Waals surface area contributed by atoms with E-state index in [1.807, 2.05) is 0 Å². The monoisotopic (exact) mass is 378 g/mol. The molecule has 2 heterocycles. The lowest BCUT2D eigenvalue weighted by molar-refractivity contribution is -0.116. The topological polar surface area (TPSA) is 111 Å². The molecule has 4 N–H and O–H groups in total. The van der Waals surface area contributed by atoms with Gasteiger partial charge in [0.2, 0.25) is 5.88 Å². The number of ether oxygens (including phenoxy) is 1. The van der Waals surface area contributed by atoms with Gasteiger partial charge in [0.05, 0.1) is 24.6 Å². The van der Waals surface area contributed by atoms with Crippen LogP contribution >= 0.6 is 0 Å². The van der Waals surface area contributed by atoms with Gasteiger partial charge in [-0.3, -0.25) is 15.1 Å². The number of phenolic OH excluding ortho intramolecular Hbond substituents is 1. The van der Waals surface area contributed by atoms with Crippen LogP contribution in [0.3, 0.4) is 0 Å². The number of hydrogen-bond donors (Lipinski definition) is 4. The molecule has 2 aromatic carbocycles. The summed E-state index contributed by atoms with van der Waals surface area (Å²) >= 11 is 0. The molecule has 28 heavy (non-hydrogen) atoms. The van der Waals surface area contributed by atoms with E-state index in [0.29, 0.717) is 22.9 Å². The summed E-state index contributed by atoms with van der Waals surface area (Å²) in [6.45, 7) is 0. The maximum Gasteiger partial charge on any atom is 0.268 e. The molecule has 142 valence electrons. The summed E-state index contributed by atoms with van der Waals surface area (Å²) in [7, 11) is 1.57. The van der Waals surface area contributed by atoms with Crippen LogP contribution in [0.5, 0.6) is 11.5 Å². The van der Waals surface area contributed by atoms with E-state index in [2.05, 4.69) is 10.6 Å². The van der Waals surface area contributed by atoms with Gasteiger partial charge in [0.1, 0.15) is 17.3 Å². The molecule has 4 rings (SSSR count). The Morgan fingerprint density at radius 3 is 2.68 bits per heavy atom. The molecule has 0 spiro atoms. The van der Waals surface area contributed by atoms with E-state index in [4.69, 9.17) is 14.6 Å². The summed E-state index contributed by atoms with van der Waals surface area (Å²) in [6.07, 6.45) is 0.501. The molecule has 0 radical (unpaired) electrons. The van der Waals surface area contributed by atoms with Gasteiger partial charge in [0.15, 0.2) is 6.17 Å². The number of hydrogen-bond acceptors (Lipinski definition) is 6. The Morgan fingerprint density at radius 2 is 1.96 bits per heavy atom. The van der Waals surface area contributed by atoms with Crippen LogP contribution in [-0.2, 0) is 4.79 Å². The Morgan fingerprint density at radius 1 is 1.21 bits per heavy atom. The van der Waals surface area contributed by atoms with Crippen molar-refractivity contribution in [2.45, 2.75) is 6.17 Å². The van der Waals surface area contributed by atoms with Gasteiger partial charge in [-0.15, -0.1) is 0 Å². The normalized spacial score (nSPS) is 15.5. The standard InChI is InChI=1S/C20H18N4O4/c1-27-13-8-6-12(7-9-13)24-17(21)14-10-11-28-20(14)23-18(24)19(26)22-15-4-2-3-5-16(15)25/h2-11,18,21,23,25H,1H3,(H,22,26). The van der Waals surface area contributed by atoms with Crippen LogP contribution in [0.25, 0.3) is 0 Å². The second-order valence-corrected chi connectivity index (χ2v) is 6.13. The Kier molecular flexibility index (Phi) is 4.36. The molecule has 1 atom stereocenters. The molecule has 0 aliphatic carbocycles. The minimum absolute atomic E-state index is 0.0450. The van der Waals surface area contributed by atoms with Gasteiger partial charge in [-0.25, -0.2) is 0 Å². The van der Waals surface area contributed by atoms with Crippen LogP contribution in [0.2, 0.25) is 0 Å². The summed E-state index contributed by atoms with van der Waals surface area (Å²) in [4.78, 5) is 14.6. The maximum absolute atomic E-state index is 13.0. The molecule has 0 saturated carbocycles. The van der Waals surface area contributed by atoms with Crippen LogP contribution in [0.1, 0.15) is 5.56 Å². The Bertz CT molecular complexity index is 1030. The number of para-hydroxylation sites is 2. The second-order valence-electron chi connectivity index (χ2n) is 6.13. The van der Waals surface area contributed by atoms with Crippen molar-refractivity contribution in [1.29, 1.82) is 5.41 Å². The number of nitrogens with zero attached hydrogens (tertiary/aromatic N) is 1. The summed E-state index contributed by atoms with van der Waals surface area (Å²) in [6, 6.07) is 15.2. The van der Waals surface area contributed by atoms with Gasteiger partial charge in [0.25, 0.3) is 5.91 Å². The highest BCUT2D eigenvalue weighted by atomic mass is 16.5. The van der Waals surface area contributed by atoms with Crippen LogP contribution in [-0.4, -0.2) is 30.1 Å². The molecular formula is C20H18N4O4. The molecule has 8 nitrogen and oxygen atoms in total. The fourth-order valence-electron chi connectivity index (χ4n) is 3.04. The quantitative estimate of drug-likeness (QED) is 0.519. The third-order valence-corrected chi connectivity index (χ3v) is 4.45. The zero-order chi connectivity index (χ0) is 19.7. The Balaban J connectivity index is 1.70. The van der Waals surface area contributed by atoms with Crippen molar-refractivity contribution in [2.24, 2.45) is 0 Å². The van der Waals surface area contributed by atoms with Gasteiger partial charge in [-0.2, -0.15) is 0 Å². The Hall–Kier alpha value is -3.94. The lowest BCUT2D eigenvalue weighted by Gasteiger charge is -2.36. The van der Waals surface area contributed by atoms with Crippen molar-refractivity contribution < 1.29 is 19.1 Å². The number of nitrogens with one attached hydrogen (secondary N) is 3. The number of amidine groups is 1. The van der Waals surface area contributed by atoms with E-state index >= 15 is 0 Å². The van der Waals surface area contributed by atoms with Gasteiger partial charge in [-0.05, 0) is 42.5 Å². The highest BCUT2D eigenvalue weighted by Gasteiger charge is 2.37. The number of methoxy groups -OCH3 is 1. The largest absolute Gasteiger partial charge is 0.506 e. The van der Waals surface area contributed by atoms with Gasteiger partial charge >= 0.3 is 0 Å². The van der Waals surface area contributed by atoms with Gasteiger partial charge < -0.3 is 24.9 Å². The fourth-order valence-corrected chi connectivity index (χ4v) is 3.04. The Labute approximate surface area is 160 Å². The smallest absolute Gasteiger partial charge is 0.268 e. The zero-order valence-corrected chi connectivity index (χ0v) is 15.0. The second kappa shape index (κ2) is 6.99. The van der Waals surface area contributed by atoms with Crippen molar-refractivity contribution in [1.82, 2.24) is 0 Å². The van der Waals surface area contributed by atoms with Crippen LogP contribution in [0.4, 0.5) is 17.3 Å². The first kappa shape index (κ1) is 17.5. The lowest BCUT2D eigenvalue weighted by atomic mass is 10.1. The molecule has 1 aromatic heterocycles. The van der Waals surface area contributed by atoms with E-state index in [0.717, 1.165) is 0 Å². The summed E-state index contributed by atoms with van der Waals surface area (Å²) in [5, 5.41) is 24.3. The number of aromatic hydroxyl groups is 1. The maximum atomic E-state index is 13.0. The van der Waals surface area contributed by atoms with Crippen molar-refractivity contribution in [2.75, 3.05) is 22.6 Å². The van der Waals surface area contributed by atoms with Crippen LogP contribution in [0.15, 0.2) is 65.3 Å². The van der Waals surface area contributed by atoms with Crippen molar-refractivity contribution in [3.8, 4) is 11.5 Å². The first-order valence-electron chi connectivity index (χ1n) is 8.53. The van der Waals surface area contributed by atoms with E-state index in [1.54, 1.807) is 60.5 Å². The molecular weight excluding hydrogens is 360 g/mol. The predicted molar refractivity (Wildman–Crippen MR) is 105 cm³/mol. The number of carbonyl (C=O) groups is 1. The number of carbonyl (C=O) groups excluding carboxylic acids is 1.